The Hall–Kier alpha value is -2.21. The van der Waals surface area contributed by atoms with Crippen LogP contribution in [-0.2, 0) is 11.2 Å². The maximum atomic E-state index is 12.6. The van der Waals surface area contributed by atoms with Gasteiger partial charge in [0.15, 0.2) is 0 Å². The van der Waals surface area contributed by atoms with E-state index >= 15 is 0 Å². The van der Waals surface area contributed by atoms with Crippen LogP contribution in [0.25, 0.3) is 0 Å². The molecule has 3 rings (SSSR count). The number of rotatable bonds is 6. The molecular formula is C19H22N2O3S. The van der Waals surface area contributed by atoms with Gasteiger partial charge in [0.1, 0.15) is 10.9 Å². The molecule has 1 saturated carbocycles. The molecule has 0 aliphatic heterocycles. The minimum Gasteiger partial charge on any atom is -0.480 e. The highest BCUT2D eigenvalue weighted by atomic mass is 32.1. The van der Waals surface area contributed by atoms with E-state index in [4.69, 9.17) is 0 Å². The van der Waals surface area contributed by atoms with E-state index in [1.54, 1.807) is 0 Å². The van der Waals surface area contributed by atoms with E-state index in [1.807, 2.05) is 37.3 Å². The molecule has 0 radical (unpaired) electrons. The number of nitrogens with one attached hydrogen (secondary N) is 1. The zero-order chi connectivity index (χ0) is 17.8. The Morgan fingerprint density at radius 3 is 2.60 bits per heavy atom. The van der Waals surface area contributed by atoms with Gasteiger partial charge in [0.2, 0.25) is 0 Å². The first kappa shape index (κ1) is 17.6. The summed E-state index contributed by atoms with van der Waals surface area (Å²) < 4.78 is 0. The van der Waals surface area contributed by atoms with Gasteiger partial charge in [-0.25, -0.2) is 9.78 Å². The summed E-state index contributed by atoms with van der Waals surface area (Å²) in [6.45, 7) is 1.82. The normalized spacial score (nSPS) is 15.9. The molecule has 0 bridgehead atoms. The van der Waals surface area contributed by atoms with Crippen molar-refractivity contribution in [3.8, 4) is 0 Å². The number of aryl methyl sites for hydroxylation is 1. The van der Waals surface area contributed by atoms with Gasteiger partial charge in [-0.3, -0.25) is 4.79 Å². The summed E-state index contributed by atoms with van der Waals surface area (Å²) in [7, 11) is 0. The molecule has 25 heavy (non-hydrogen) atoms. The van der Waals surface area contributed by atoms with E-state index in [2.05, 4.69) is 10.3 Å². The lowest BCUT2D eigenvalue weighted by Crippen LogP contribution is -2.42. The van der Waals surface area contributed by atoms with Crippen LogP contribution < -0.4 is 5.32 Å². The average molecular weight is 358 g/mol. The third-order valence-electron chi connectivity index (χ3n) is 4.61. The summed E-state index contributed by atoms with van der Waals surface area (Å²) >= 11 is 1.41. The number of thiazole rings is 1. The van der Waals surface area contributed by atoms with Crippen molar-refractivity contribution in [1.29, 1.82) is 0 Å². The molecular weight excluding hydrogens is 336 g/mol. The maximum absolute atomic E-state index is 12.6. The summed E-state index contributed by atoms with van der Waals surface area (Å²) in [6, 6.07) is 8.36. The van der Waals surface area contributed by atoms with Gasteiger partial charge in [-0.05, 0) is 25.3 Å². The molecule has 1 fully saturated rings. The number of nitrogens with zero attached hydrogens (tertiary/aromatic N) is 1. The van der Waals surface area contributed by atoms with Crippen molar-refractivity contribution in [3.63, 3.8) is 0 Å². The quantitative estimate of drug-likeness (QED) is 0.828. The lowest BCUT2D eigenvalue weighted by Gasteiger charge is -2.14. The van der Waals surface area contributed by atoms with E-state index in [1.165, 1.54) is 24.2 Å². The lowest BCUT2D eigenvalue weighted by atomic mass is 10.1. The second-order valence-electron chi connectivity index (χ2n) is 6.50. The van der Waals surface area contributed by atoms with Crippen molar-refractivity contribution in [2.45, 2.75) is 51.0 Å². The predicted molar refractivity (Wildman–Crippen MR) is 97.1 cm³/mol. The Kier molecular flexibility index (Phi) is 5.48. The standard InChI is InChI=1S/C19H22N2O3S/c1-12-16(25-18(20-12)14-9-5-6-10-14)17(22)21-15(19(23)24)11-13-7-3-2-4-8-13/h2-4,7-8,14-15H,5-6,9-11H2,1H3,(H,21,22)(H,23,24)/t15-/m0/s1. The molecule has 0 spiro atoms. The van der Waals surface area contributed by atoms with Crippen LogP contribution in [0.15, 0.2) is 30.3 Å². The van der Waals surface area contributed by atoms with Crippen LogP contribution in [0.5, 0.6) is 0 Å². The van der Waals surface area contributed by atoms with Crippen molar-refractivity contribution < 1.29 is 14.7 Å². The van der Waals surface area contributed by atoms with Crippen LogP contribution in [0.1, 0.15) is 57.5 Å². The second-order valence-corrected chi connectivity index (χ2v) is 7.53. The molecule has 1 heterocycles. The number of hydrogen-bond acceptors (Lipinski definition) is 4. The first-order valence-corrected chi connectivity index (χ1v) is 9.41. The Morgan fingerprint density at radius 2 is 1.96 bits per heavy atom. The van der Waals surface area contributed by atoms with Crippen LogP contribution in [0.4, 0.5) is 0 Å². The van der Waals surface area contributed by atoms with Gasteiger partial charge in [0, 0.05) is 12.3 Å². The number of carboxylic acids is 1. The Morgan fingerprint density at radius 1 is 1.28 bits per heavy atom. The number of hydrogen-bond donors (Lipinski definition) is 2. The summed E-state index contributed by atoms with van der Waals surface area (Å²) in [6.07, 6.45) is 4.93. The first-order chi connectivity index (χ1) is 12.0. The molecule has 6 heteroatoms. The van der Waals surface area contributed by atoms with Crippen molar-refractivity contribution >= 4 is 23.2 Å². The van der Waals surface area contributed by atoms with Gasteiger partial charge in [0.25, 0.3) is 5.91 Å². The molecule has 0 saturated heterocycles. The van der Waals surface area contributed by atoms with Gasteiger partial charge in [0.05, 0.1) is 10.7 Å². The molecule has 1 aliphatic carbocycles. The minimum atomic E-state index is -1.03. The predicted octanol–water partition coefficient (Wildman–Crippen LogP) is 3.53. The smallest absolute Gasteiger partial charge is 0.326 e. The molecule has 1 amide bonds. The van der Waals surface area contributed by atoms with Crippen LogP contribution >= 0.6 is 11.3 Å². The number of amides is 1. The van der Waals surface area contributed by atoms with Gasteiger partial charge >= 0.3 is 5.97 Å². The van der Waals surface area contributed by atoms with E-state index in [9.17, 15) is 14.7 Å². The van der Waals surface area contributed by atoms with Gasteiger partial charge in [-0.2, -0.15) is 0 Å². The Balaban J connectivity index is 1.72. The third-order valence-corrected chi connectivity index (χ3v) is 5.93. The largest absolute Gasteiger partial charge is 0.480 e. The van der Waals surface area contributed by atoms with Crippen molar-refractivity contribution in [1.82, 2.24) is 10.3 Å². The third kappa shape index (κ3) is 4.25. The first-order valence-electron chi connectivity index (χ1n) is 8.59. The van der Waals surface area contributed by atoms with E-state index in [-0.39, 0.29) is 12.3 Å². The fourth-order valence-corrected chi connectivity index (χ4v) is 4.39. The molecule has 1 atom stereocenters. The van der Waals surface area contributed by atoms with Gasteiger partial charge < -0.3 is 10.4 Å². The monoisotopic (exact) mass is 358 g/mol. The second kappa shape index (κ2) is 7.78. The summed E-state index contributed by atoms with van der Waals surface area (Å²) in [4.78, 5) is 29.2. The number of carboxylic acid groups (broad SMARTS) is 1. The number of carbonyl (C=O) groups excluding carboxylic acids is 1. The maximum Gasteiger partial charge on any atom is 0.326 e. The molecule has 0 unspecified atom stereocenters. The molecule has 1 aliphatic rings. The molecule has 2 aromatic rings. The van der Waals surface area contributed by atoms with E-state index in [0.717, 1.165) is 23.4 Å². The Bertz CT molecular complexity index is 751. The van der Waals surface area contributed by atoms with E-state index in [0.29, 0.717) is 16.5 Å². The van der Waals surface area contributed by atoms with Crippen LogP contribution in [0.2, 0.25) is 0 Å². The van der Waals surface area contributed by atoms with E-state index < -0.39 is 12.0 Å². The highest BCUT2D eigenvalue weighted by Gasteiger charge is 2.26. The van der Waals surface area contributed by atoms with Gasteiger partial charge in [-0.15, -0.1) is 11.3 Å². The van der Waals surface area contributed by atoms with Crippen molar-refractivity contribution in [2.75, 3.05) is 0 Å². The zero-order valence-corrected chi connectivity index (χ0v) is 15.0. The fourth-order valence-electron chi connectivity index (χ4n) is 3.25. The summed E-state index contributed by atoms with van der Waals surface area (Å²) in [5, 5.41) is 13.1. The van der Waals surface area contributed by atoms with Crippen molar-refractivity contribution in [3.05, 3.63) is 51.5 Å². The average Bonchev–Trinajstić information content (AvgIpc) is 3.24. The number of benzene rings is 1. The molecule has 5 nitrogen and oxygen atoms in total. The number of carbonyl (C=O) groups is 2. The fraction of sp³-hybridized carbons (Fsp3) is 0.421. The van der Waals surface area contributed by atoms with Crippen LogP contribution in [-0.4, -0.2) is 28.0 Å². The minimum absolute atomic E-state index is 0.259. The number of aromatic nitrogens is 1. The summed E-state index contributed by atoms with van der Waals surface area (Å²) in [5.41, 5.74) is 1.57. The molecule has 1 aromatic heterocycles. The van der Waals surface area contributed by atoms with Crippen molar-refractivity contribution in [2.24, 2.45) is 0 Å². The summed E-state index contributed by atoms with van der Waals surface area (Å²) in [5.74, 6) is -0.928. The number of aliphatic carboxylic acids is 1. The topological polar surface area (TPSA) is 79.3 Å². The van der Waals surface area contributed by atoms with Gasteiger partial charge in [-0.1, -0.05) is 43.2 Å². The molecule has 132 valence electrons. The SMILES string of the molecule is Cc1nc(C2CCCC2)sc1C(=O)N[C@@H](Cc1ccccc1)C(=O)O. The molecule has 2 N–H and O–H groups in total. The van der Waals surface area contributed by atoms with Crippen LogP contribution in [0, 0.1) is 6.92 Å². The lowest BCUT2D eigenvalue weighted by molar-refractivity contribution is -0.139. The highest BCUT2D eigenvalue weighted by Crippen LogP contribution is 2.37. The molecule has 1 aromatic carbocycles. The highest BCUT2D eigenvalue weighted by molar-refractivity contribution is 7.13. The zero-order valence-electron chi connectivity index (χ0n) is 14.2. The van der Waals surface area contributed by atoms with Crippen LogP contribution in [0.3, 0.4) is 0 Å². The Labute approximate surface area is 151 Å².